The van der Waals surface area contributed by atoms with Gasteiger partial charge in [-0.1, -0.05) is 0 Å². The van der Waals surface area contributed by atoms with Crippen LogP contribution in [0.15, 0.2) is 0 Å². The highest BCUT2D eigenvalue weighted by molar-refractivity contribution is 5.77. The molecule has 4 bridgehead atoms. The molecule has 0 radical (unpaired) electrons. The van der Waals surface area contributed by atoms with Gasteiger partial charge in [-0.25, -0.2) is 5.48 Å². The molecule has 7 heteroatoms. The third kappa shape index (κ3) is 2.18. The number of carbonyl (C=O) groups is 1. The lowest BCUT2D eigenvalue weighted by Gasteiger charge is -2.60. The molecule has 7 nitrogen and oxygen atoms in total. The maximum atomic E-state index is 11.5. The molecule has 134 valence electrons. The molecule has 1 amide bonds. The van der Waals surface area contributed by atoms with E-state index in [1.807, 2.05) is 0 Å². The van der Waals surface area contributed by atoms with E-state index < -0.39 is 11.6 Å². The first kappa shape index (κ1) is 15.5. The Morgan fingerprint density at radius 3 is 1.92 bits per heavy atom. The maximum absolute atomic E-state index is 11.5. The monoisotopic (exact) mass is 339 g/mol. The molecule has 1 heterocycles. The molecule has 0 aromatic rings. The van der Waals surface area contributed by atoms with Crippen LogP contribution in [0, 0.1) is 29.6 Å². The van der Waals surface area contributed by atoms with Crippen LogP contribution in [-0.2, 0) is 24.3 Å². The first-order valence-electron chi connectivity index (χ1n) is 9.30. The van der Waals surface area contributed by atoms with Crippen molar-refractivity contribution < 1.29 is 29.6 Å². The fourth-order valence-electron chi connectivity index (χ4n) is 6.00. The zero-order chi connectivity index (χ0) is 16.4. The average Bonchev–Trinajstić information content (AvgIpc) is 2.61. The second-order valence-corrected chi connectivity index (χ2v) is 8.52. The molecule has 5 aliphatic carbocycles. The highest BCUT2D eigenvalue weighted by Crippen LogP contribution is 2.61. The molecular weight excluding hydrogens is 314 g/mol. The Labute approximate surface area is 140 Å². The summed E-state index contributed by atoms with van der Waals surface area (Å²) in [5, 5.41) is 8.76. The Balaban J connectivity index is 1.26. The first-order valence-corrected chi connectivity index (χ1v) is 9.30. The summed E-state index contributed by atoms with van der Waals surface area (Å²) in [5.41, 5.74) is 1.72. The molecule has 0 unspecified atom stereocenters. The van der Waals surface area contributed by atoms with Crippen LogP contribution < -0.4 is 5.48 Å². The van der Waals surface area contributed by atoms with Crippen molar-refractivity contribution in [1.29, 1.82) is 0 Å². The summed E-state index contributed by atoms with van der Waals surface area (Å²) in [4.78, 5) is 35.1. The van der Waals surface area contributed by atoms with Crippen molar-refractivity contribution in [3.63, 3.8) is 0 Å². The molecule has 6 rings (SSSR count). The van der Waals surface area contributed by atoms with E-state index in [0.29, 0.717) is 37.5 Å². The van der Waals surface area contributed by atoms with E-state index in [-0.39, 0.29) is 11.8 Å². The van der Waals surface area contributed by atoms with E-state index in [9.17, 15) is 4.79 Å². The van der Waals surface area contributed by atoms with E-state index in [4.69, 9.17) is 24.8 Å². The molecule has 1 aliphatic heterocycles. The van der Waals surface area contributed by atoms with Crippen molar-refractivity contribution >= 4 is 5.91 Å². The summed E-state index contributed by atoms with van der Waals surface area (Å²) in [6, 6.07) is 0. The highest BCUT2D eigenvalue weighted by atomic mass is 17.4. The predicted molar refractivity (Wildman–Crippen MR) is 78.7 cm³/mol. The van der Waals surface area contributed by atoms with E-state index >= 15 is 0 Å². The SMILES string of the molecule is O=C(NO)C1CCC2(CC1)OOC1(OO2)C2CC3CC(C2)CC1C3. The Bertz CT molecular complexity index is 489. The van der Waals surface area contributed by atoms with Gasteiger partial charge in [0.05, 0.1) is 0 Å². The van der Waals surface area contributed by atoms with Crippen LogP contribution in [0.4, 0.5) is 0 Å². The second kappa shape index (κ2) is 5.38. The summed E-state index contributed by atoms with van der Waals surface area (Å²) in [5.74, 6) is 0.154. The van der Waals surface area contributed by atoms with Gasteiger partial charge in [0.1, 0.15) is 0 Å². The van der Waals surface area contributed by atoms with Crippen LogP contribution in [0.1, 0.15) is 57.8 Å². The van der Waals surface area contributed by atoms with Crippen LogP contribution in [0.25, 0.3) is 0 Å². The summed E-state index contributed by atoms with van der Waals surface area (Å²) in [6.45, 7) is 0. The minimum atomic E-state index is -0.911. The Morgan fingerprint density at radius 2 is 1.42 bits per heavy atom. The van der Waals surface area contributed by atoms with Crippen LogP contribution in [0.2, 0.25) is 0 Å². The molecule has 2 N–H and O–H groups in total. The fraction of sp³-hybridized carbons (Fsp3) is 0.941. The van der Waals surface area contributed by atoms with Crippen molar-refractivity contribution in [2.75, 3.05) is 0 Å². The summed E-state index contributed by atoms with van der Waals surface area (Å²) < 4.78 is 0. The quantitative estimate of drug-likeness (QED) is 0.433. The van der Waals surface area contributed by atoms with Crippen LogP contribution in [0.3, 0.4) is 0 Å². The van der Waals surface area contributed by atoms with Gasteiger partial charge in [0.15, 0.2) is 0 Å². The lowest BCUT2D eigenvalue weighted by atomic mass is 9.53. The van der Waals surface area contributed by atoms with E-state index in [0.717, 1.165) is 37.5 Å². The number of nitrogens with one attached hydrogen (secondary N) is 1. The number of hydrogen-bond donors (Lipinski definition) is 2. The topological polar surface area (TPSA) is 86.3 Å². The van der Waals surface area contributed by atoms with Crippen molar-refractivity contribution in [2.24, 2.45) is 29.6 Å². The number of carbonyl (C=O) groups excluding carboxylic acids is 1. The van der Waals surface area contributed by atoms with Crippen molar-refractivity contribution in [1.82, 2.24) is 5.48 Å². The van der Waals surface area contributed by atoms with Crippen LogP contribution in [0.5, 0.6) is 0 Å². The molecule has 0 aromatic heterocycles. The standard InChI is InChI=1S/C17H25NO6/c19-15(18-20)12-1-3-16(4-2-12)21-23-17(24-22-16)13-6-10-5-11(8-13)9-14(17)7-10/h10-14,20H,1-9H2,(H,18,19). The van der Waals surface area contributed by atoms with Gasteiger partial charge < -0.3 is 0 Å². The minimum absolute atomic E-state index is 0.218. The van der Waals surface area contributed by atoms with Gasteiger partial charge >= 0.3 is 0 Å². The zero-order valence-corrected chi connectivity index (χ0v) is 13.7. The van der Waals surface area contributed by atoms with Crippen LogP contribution in [-0.4, -0.2) is 22.7 Å². The smallest absolute Gasteiger partial charge is 0.246 e. The molecular formula is C17H25NO6. The number of hydrogen-bond acceptors (Lipinski definition) is 6. The molecule has 24 heavy (non-hydrogen) atoms. The van der Waals surface area contributed by atoms with Gasteiger partial charge in [0, 0.05) is 30.6 Å². The van der Waals surface area contributed by atoms with Gasteiger partial charge in [0.25, 0.3) is 0 Å². The van der Waals surface area contributed by atoms with Gasteiger partial charge in [0.2, 0.25) is 17.5 Å². The summed E-state index contributed by atoms with van der Waals surface area (Å²) in [6.07, 6.45) is 8.12. The summed E-state index contributed by atoms with van der Waals surface area (Å²) in [7, 11) is 0. The second-order valence-electron chi connectivity index (χ2n) is 8.52. The Hall–Kier alpha value is -0.730. The van der Waals surface area contributed by atoms with Gasteiger partial charge in [-0.05, 0) is 56.8 Å². The normalized spacial score (nSPS) is 52.8. The average molecular weight is 339 g/mol. The van der Waals surface area contributed by atoms with E-state index in [1.165, 1.54) is 6.42 Å². The maximum Gasteiger partial charge on any atom is 0.246 e. The number of rotatable bonds is 1. The molecule has 0 aromatic carbocycles. The molecule has 1 saturated heterocycles. The van der Waals surface area contributed by atoms with Crippen molar-refractivity contribution in [2.45, 2.75) is 69.4 Å². The van der Waals surface area contributed by atoms with E-state index in [2.05, 4.69) is 0 Å². The lowest BCUT2D eigenvalue weighted by molar-refractivity contribution is -0.680. The lowest BCUT2D eigenvalue weighted by Crippen LogP contribution is -2.64. The molecule has 0 atom stereocenters. The van der Waals surface area contributed by atoms with Gasteiger partial charge in [-0.2, -0.15) is 19.6 Å². The predicted octanol–water partition coefficient (Wildman–Crippen LogP) is 2.44. The molecule has 6 aliphatic rings. The Morgan fingerprint density at radius 1 is 0.875 bits per heavy atom. The number of amides is 1. The molecule has 2 spiro atoms. The number of hydroxylamine groups is 1. The summed E-state index contributed by atoms with van der Waals surface area (Å²) >= 11 is 0. The van der Waals surface area contributed by atoms with Gasteiger partial charge in [-0.15, -0.1) is 0 Å². The fourth-order valence-corrected chi connectivity index (χ4v) is 6.00. The zero-order valence-electron chi connectivity index (χ0n) is 13.7. The third-order valence-electron chi connectivity index (χ3n) is 7.15. The Kier molecular flexibility index (Phi) is 3.48. The molecule has 6 fully saturated rings. The minimum Gasteiger partial charge on any atom is -0.289 e. The molecule has 5 saturated carbocycles. The van der Waals surface area contributed by atoms with Gasteiger partial charge in [-0.3, -0.25) is 10.0 Å². The largest absolute Gasteiger partial charge is 0.289 e. The van der Waals surface area contributed by atoms with Crippen molar-refractivity contribution in [3.8, 4) is 0 Å². The highest BCUT2D eigenvalue weighted by Gasteiger charge is 2.64. The van der Waals surface area contributed by atoms with Crippen LogP contribution >= 0.6 is 0 Å². The van der Waals surface area contributed by atoms with E-state index in [1.54, 1.807) is 5.48 Å². The first-order chi connectivity index (χ1) is 11.6. The third-order valence-corrected chi connectivity index (χ3v) is 7.15. The van der Waals surface area contributed by atoms with Crippen molar-refractivity contribution in [3.05, 3.63) is 0 Å².